The normalized spacial score (nSPS) is 13.4. The Morgan fingerprint density at radius 3 is 2.91 bits per heavy atom. The number of aromatic nitrogens is 5. The second kappa shape index (κ2) is 8.18. The van der Waals surface area contributed by atoms with Crippen LogP contribution in [0.4, 0.5) is 0 Å². The lowest BCUT2D eigenvalue weighted by molar-refractivity contribution is 0.0600. The van der Waals surface area contributed by atoms with E-state index in [1.165, 1.54) is 7.11 Å². The molecule has 0 spiro atoms. The molecule has 1 aliphatic heterocycles. The van der Waals surface area contributed by atoms with Crippen LogP contribution in [0.1, 0.15) is 28.0 Å². The van der Waals surface area contributed by atoms with Gasteiger partial charge in [-0.25, -0.2) is 9.48 Å². The minimum Gasteiger partial charge on any atom is -0.493 e. The van der Waals surface area contributed by atoms with Crippen LogP contribution in [0.5, 0.6) is 11.6 Å². The molecule has 1 N–H and O–H groups in total. The van der Waals surface area contributed by atoms with Crippen LogP contribution in [0.2, 0.25) is 0 Å². The van der Waals surface area contributed by atoms with Gasteiger partial charge in [-0.1, -0.05) is 6.07 Å². The number of ether oxygens (including phenoxy) is 3. The summed E-state index contributed by atoms with van der Waals surface area (Å²) < 4.78 is 18.5. The summed E-state index contributed by atoms with van der Waals surface area (Å²) in [5.41, 5.74) is 4.40. The van der Waals surface area contributed by atoms with Gasteiger partial charge < -0.3 is 14.2 Å². The number of fused-ring (bicyclic) bond motifs is 4. The van der Waals surface area contributed by atoms with Gasteiger partial charge in [-0.05, 0) is 30.4 Å². The van der Waals surface area contributed by atoms with Crippen molar-refractivity contribution >= 4 is 29.0 Å². The summed E-state index contributed by atoms with van der Waals surface area (Å²) in [6.45, 7) is 0.852. The van der Waals surface area contributed by atoms with E-state index in [9.17, 15) is 4.79 Å². The SMILES string of the molecule is COC(=O)c1ccc2c(c1)OCCCOc1c(cnn1C)-c1cc3c(n[nH]c3cn1)C=C2. The highest BCUT2D eigenvalue weighted by atomic mass is 16.5. The summed E-state index contributed by atoms with van der Waals surface area (Å²) in [6.07, 6.45) is 7.96. The van der Waals surface area contributed by atoms with Crippen LogP contribution in [0.25, 0.3) is 34.3 Å². The molecule has 2 bridgehead atoms. The van der Waals surface area contributed by atoms with Gasteiger partial charge in [0.25, 0.3) is 0 Å². The van der Waals surface area contributed by atoms with E-state index in [-0.39, 0.29) is 0 Å². The maximum Gasteiger partial charge on any atom is 0.337 e. The van der Waals surface area contributed by atoms with Gasteiger partial charge in [0.2, 0.25) is 5.88 Å². The highest BCUT2D eigenvalue weighted by Crippen LogP contribution is 2.31. The van der Waals surface area contributed by atoms with Crippen molar-refractivity contribution in [1.82, 2.24) is 25.0 Å². The molecule has 1 aromatic carbocycles. The molecule has 0 saturated heterocycles. The minimum atomic E-state index is -0.415. The summed E-state index contributed by atoms with van der Waals surface area (Å²) in [7, 11) is 3.19. The van der Waals surface area contributed by atoms with Crippen molar-refractivity contribution in [3.8, 4) is 22.9 Å². The van der Waals surface area contributed by atoms with Crippen LogP contribution in [0, 0.1) is 0 Å². The molecule has 162 valence electrons. The van der Waals surface area contributed by atoms with Crippen molar-refractivity contribution in [3.63, 3.8) is 0 Å². The van der Waals surface area contributed by atoms with Gasteiger partial charge in [-0.2, -0.15) is 10.2 Å². The Bertz CT molecular complexity index is 1340. The highest BCUT2D eigenvalue weighted by Gasteiger charge is 2.16. The number of hydrogen-bond donors (Lipinski definition) is 1. The summed E-state index contributed by atoms with van der Waals surface area (Å²) in [5, 5.41) is 12.7. The van der Waals surface area contributed by atoms with E-state index in [1.54, 1.807) is 29.2 Å². The van der Waals surface area contributed by atoms with Crippen molar-refractivity contribution in [2.24, 2.45) is 7.05 Å². The number of pyridine rings is 1. The van der Waals surface area contributed by atoms with Gasteiger partial charge in [-0.3, -0.25) is 10.1 Å². The van der Waals surface area contributed by atoms with E-state index in [0.717, 1.165) is 33.4 Å². The molecule has 3 aromatic heterocycles. The van der Waals surface area contributed by atoms with E-state index in [2.05, 4.69) is 20.3 Å². The Kier molecular flexibility index (Phi) is 5.06. The molecule has 0 saturated carbocycles. The lowest BCUT2D eigenvalue weighted by Crippen LogP contribution is -2.09. The molecule has 0 fully saturated rings. The standard InChI is InChI=1S/C23H21N5O4/c1-28-22-17(12-25-28)19-11-16-18(26-27-20(16)13-24-19)7-6-14-4-5-15(23(29)30-2)10-21(14)31-8-3-9-32-22/h4-7,10-13H,3,8-9H2,1-2H3,(H,26,27). The fraction of sp³-hybridized carbons (Fsp3) is 0.217. The maximum atomic E-state index is 12.0. The number of aromatic amines is 1. The van der Waals surface area contributed by atoms with Crippen LogP contribution >= 0.6 is 0 Å². The van der Waals surface area contributed by atoms with Gasteiger partial charge >= 0.3 is 5.97 Å². The van der Waals surface area contributed by atoms with Gasteiger partial charge in [0.15, 0.2) is 0 Å². The fourth-order valence-corrected chi connectivity index (χ4v) is 3.61. The molecule has 0 amide bonds. The third-order valence-corrected chi connectivity index (χ3v) is 5.28. The lowest BCUT2D eigenvalue weighted by Gasteiger charge is -2.12. The molecule has 32 heavy (non-hydrogen) atoms. The van der Waals surface area contributed by atoms with Gasteiger partial charge in [-0.15, -0.1) is 0 Å². The highest BCUT2D eigenvalue weighted by molar-refractivity contribution is 5.93. The number of esters is 1. The molecule has 0 radical (unpaired) electrons. The molecule has 0 unspecified atom stereocenters. The molecule has 9 nitrogen and oxygen atoms in total. The summed E-state index contributed by atoms with van der Waals surface area (Å²) in [5.74, 6) is 0.810. The number of nitrogens with one attached hydrogen (secondary N) is 1. The van der Waals surface area contributed by atoms with Gasteiger partial charge in [0, 0.05) is 24.4 Å². The van der Waals surface area contributed by atoms with Crippen LogP contribution < -0.4 is 9.47 Å². The molecule has 1 aliphatic rings. The molecule has 4 heterocycles. The Hall–Kier alpha value is -4.14. The smallest absolute Gasteiger partial charge is 0.337 e. The second-order valence-corrected chi connectivity index (χ2v) is 7.34. The Morgan fingerprint density at radius 2 is 2.03 bits per heavy atom. The molecular formula is C23H21N5O4. The van der Waals surface area contributed by atoms with Crippen molar-refractivity contribution in [2.75, 3.05) is 20.3 Å². The second-order valence-electron chi connectivity index (χ2n) is 7.34. The Balaban J connectivity index is 1.61. The summed E-state index contributed by atoms with van der Waals surface area (Å²) in [4.78, 5) is 16.5. The summed E-state index contributed by atoms with van der Waals surface area (Å²) in [6, 6.07) is 7.20. The van der Waals surface area contributed by atoms with Gasteiger partial charge in [0.05, 0.1) is 60.7 Å². The Labute approximate surface area is 183 Å². The monoisotopic (exact) mass is 431 g/mol. The summed E-state index contributed by atoms with van der Waals surface area (Å²) >= 11 is 0. The predicted octanol–water partition coefficient (Wildman–Crippen LogP) is 3.48. The number of carbonyl (C=O) groups excluding carboxylic acids is 1. The first-order chi connectivity index (χ1) is 15.6. The number of hydrogen-bond acceptors (Lipinski definition) is 7. The number of benzene rings is 1. The van der Waals surface area contributed by atoms with E-state index in [4.69, 9.17) is 14.2 Å². The largest absolute Gasteiger partial charge is 0.493 e. The molecule has 4 aromatic rings. The molecule has 5 rings (SSSR count). The molecular weight excluding hydrogens is 410 g/mol. The number of methoxy groups -OCH3 is 1. The topological polar surface area (TPSA) is 104 Å². The Morgan fingerprint density at radius 1 is 1.16 bits per heavy atom. The lowest BCUT2D eigenvalue weighted by atomic mass is 10.1. The zero-order valence-corrected chi connectivity index (χ0v) is 17.7. The van der Waals surface area contributed by atoms with Crippen LogP contribution in [-0.4, -0.2) is 51.3 Å². The molecule has 9 heteroatoms. The minimum absolute atomic E-state index is 0.414. The average molecular weight is 431 g/mol. The van der Waals surface area contributed by atoms with E-state index < -0.39 is 5.97 Å². The predicted molar refractivity (Wildman–Crippen MR) is 118 cm³/mol. The van der Waals surface area contributed by atoms with Crippen LogP contribution in [0.15, 0.2) is 36.7 Å². The fourth-order valence-electron chi connectivity index (χ4n) is 3.61. The molecule has 0 aliphatic carbocycles. The quantitative estimate of drug-likeness (QED) is 0.460. The van der Waals surface area contributed by atoms with Crippen LogP contribution in [0.3, 0.4) is 0 Å². The first kappa shape index (κ1) is 19.8. The third-order valence-electron chi connectivity index (χ3n) is 5.28. The number of H-pyrrole nitrogens is 1. The molecule has 0 atom stereocenters. The number of carbonyl (C=O) groups is 1. The van der Waals surface area contributed by atoms with E-state index >= 15 is 0 Å². The van der Waals surface area contributed by atoms with Crippen molar-refractivity contribution in [1.29, 1.82) is 0 Å². The van der Waals surface area contributed by atoms with E-state index in [1.807, 2.05) is 31.3 Å². The van der Waals surface area contributed by atoms with Crippen molar-refractivity contribution < 1.29 is 19.0 Å². The van der Waals surface area contributed by atoms with Crippen LogP contribution in [-0.2, 0) is 11.8 Å². The number of nitrogens with zero attached hydrogens (tertiary/aromatic N) is 4. The zero-order chi connectivity index (χ0) is 22.1. The van der Waals surface area contributed by atoms with E-state index in [0.29, 0.717) is 36.8 Å². The first-order valence-electron chi connectivity index (χ1n) is 10.2. The van der Waals surface area contributed by atoms with Crippen molar-refractivity contribution in [2.45, 2.75) is 6.42 Å². The maximum absolute atomic E-state index is 12.0. The average Bonchev–Trinajstić information content (AvgIpc) is 3.39. The third kappa shape index (κ3) is 3.58. The first-order valence-corrected chi connectivity index (χ1v) is 10.2. The number of aryl methyl sites for hydroxylation is 1. The van der Waals surface area contributed by atoms with Crippen molar-refractivity contribution in [3.05, 3.63) is 53.5 Å². The van der Waals surface area contributed by atoms with Gasteiger partial charge in [0.1, 0.15) is 5.75 Å². The zero-order valence-electron chi connectivity index (χ0n) is 17.7. The number of rotatable bonds is 1.